The van der Waals surface area contributed by atoms with E-state index in [4.69, 9.17) is 4.74 Å². The van der Waals surface area contributed by atoms with E-state index in [1.165, 1.54) is 0 Å². The predicted octanol–water partition coefficient (Wildman–Crippen LogP) is 1.68. The second-order valence-corrected chi connectivity index (χ2v) is 4.64. The van der Waals surface area contributed by atoms with Gasteiger partial charge in [0.05, 0.1) is 17.7 Å². The largest absolute Gasteiger partial charge is 0.356 e. The summed E-state index contributed by atoms with van der Waals surface area (Å²) in [5.41, 5.74) is 0.347. The fourth-order valence-corrected chi connectivity index (χ4v) is 2.03. The fraction of sp³-hybridized carbons (Fsp3) is 0.500. The molecule has 1 aromatic heterocycles. The third-order valence-corrected chi connectivity index (χ3v) is 2.82. The minimum absolute atomic E-state index is 0.0249. The van der Waals surface area contributed by atoms with E-state index in [1.54, 1.807) is 29.4 Å². The van der Waals surface area contributed by atoms with Gasteiger partial charge in [0.2, 0.25) is 0 Å². The maximum absolute atomic E-state index is 12.3. The zero-order chi connectivity index (χ0) is 11.8. The van der Waals surface area contributed by atoms with Crippen molar-refractivity contribution in [2.45, 2.75) is 32.5 Å². The van der Waals surface area contributed by atoms with Crippen molar-refractivity contribution in [3.63, 3.8) is 0 Å². The summed E-state index contributed by atoms with van der Waals surface area (Å²) in [5.74, 6) is -0.0249. The smallest absolute Gasteiger partial charge is 0.257 e. The van der Waals surface area contributed by atoms with E-state index in [0.29, 0.717) is 12.2 Å². The zero-order valence-corrected chi connectivity index (χ0v) is 9.80. The molecule has 0 saturated carbocycles. The maximum Gasteiger partial charge on any atom is 0.257 e. The summed E-state index contributed by atoms with van der Waals surface area (Å²) >= 11 is 0. The number of pyridine rings is 1. The Morgan fingerprint density at radius 2 is 2.38 bits per heavy atom. The van der Waals surface area contributed by atoms with E-state index in [0.717, 1.165) is 0 Å². The van der Waals surface area contributed by atoms with Crippen LogP contribution in [0, 0.1) is 0 Å². The number of amides is 1. The van der Waals surface area contributed by atoms with E-state index >= 15 is 0 Å². The molecule has 0 N–H and O–H groups in total. The highest BCUT2D eigenvalue weighted by Crippen LogP contribution is 2.28. The molecule has 4 nitrogen and oxygen atoms in total. The van der Waals surface area contributed by atoms with Gasteiger partial charge in [-0.15, -0.1) is 0 Å². The first-order chi connectivity index (χ1) is 7.52. The van der Waals surface area contributed by atoms with Crippen molar-refractivity contribution in [3.05, 3.63) is 30.1 Å². The van der Waals surface area contributed by atoms with Gasteiger partial charge in [-0.05, 0) is 32.9 Å². The van der Waals surface area contributed by atoms with Gasteiger partial charge in [0.15, 0.2) is 0 Å². The zero-order valence-electron chi connectivity index (χ0n) is 9.80. The number of rotatable bonds is 1. The van der Waals surface area contributed by atoms with E-state index in [9.17, 15) is 4.79 Å². The molecule has 1 unspecified atom stereocenters. The van der Waals surface area contributed by atoms with Crippen molar-refractivity contribution < 1.29 is 9.53 Å². The first-order valence-electron chi connectivity index (χ1n) is 5.38. The van der Waals surface area contributed by atoms with Crippen LogP contribution in [0.1, 0.15) is 31.1 Å². The lowest BCUT2D eigenvalue weighted by atomic mass is 10.0. The summed E-state index contributed by atoms with van der Waals surface area (Å²) in [6, 6.07) is 3.54. The second kappa shape index (κ2) is 3.87. The summed E-state index contributed by atoms with van der Waals surface area (Å²) in [6.45, 7) is 6.47. The Balaban J connectivity index is 2.28. The van der Waals surface area contributed by atoms with E-state index in [-0.39, 0.29) is 17.7 Å². The third-order valence-electron chi connectivity index (χ3n) is 2.82. The average Bonchev–Trinajstić information content (AvgIpc) is 2.53. The number of carbonyl (C=O) groups is 1. The van der Waals surface area contributed by atoms with Crippen molar-refractivity contribution in [1.29, 1.82) is 0 Å². The standard InChI is InChI=1S/C12H16N2O2/c1-9-14(12(2,3)8-16-9)11(15)10-5-4-6-13-7-10/h4-7,9H,8H2,1-3H3. The van der Waals surface area contributed by atoms with Crippen molar-refractivity contribution in [2.75, 3.05) is 6.61 Å². The SMILES string of the molecule is CC1OCC(C)(C)N1C(=O)c1cccnc1. The summed E-state index contributed by atoms with van der Waals surface area (Å²) < 4.78 is 5.51. The van der Waals surface area contributed by atoms with Crippen molar-refractivity contribution >= 4 is 5.91 Å². The van der Waals surface area contributed by atoms with Crippen LogP contribution in [0.2, 0.25) is 0 Å². The highest BCUT2D eigenvalue weighted by atomic mass is 16.5. The Labute approximate surface area is 95.2 Å². The van der Waals surface area contributed by atoms with Crippen LogP contribution in [0.4, 0.5) is 0 Å². The van der Waals surface area contributed by atoms with Crippen LogP contribution in [0.5, 0.6) is 0 Å². The lowest BCUT2D eigenvalue weighted by Gasteiger charge is -2.32. The summed E-state index contributed by atoms with van der Waals surface area (Å²) in [5, 5.41) is 0. The minimum Gasteiger partial charge on any atom is -0.356 e. The molecule has 1 saturated heterocycles. The topological polar surface area (TPSA) is 42.4 Å². The molecule has 1 amide bonds. The Morgan fingerprint density at radius 3 is 2.88 bits per heavy atom. The van der Waals surface area contributed by atoms with Gasteiger partial charge in [0.25, 0.3) is 5.91 Å². The van der Waals surface area contributed by atoms with Crippen LogP contribution >= 0.6 is 0 Å². The predicted molar refractivity (Wildman–Crippen MR) is 59.9 cm³/mol. The number of nitrogens with zero attached hydrogens (tertiary/aromatic N) is 2. The summed E-state index contributed by atoms with van der Waals surface area (Å²) in [6.07, 6.45) is 3.07. The first-order valence-corrected chi connectivity index (χ1v) is 5.38. The molecule has 0 radical (unpaired) electrons. The van der Waals surface area contributed by atoms with Crippen LogP contribution < -0.4 is 0 Å². The van der Waals surface area contributed by atoms with Crippen LogP contribution in [0.3, 0.4) is 0 Å². The Hall–Kier alpha value is -1.42. The molecule has 4 heteroatoms. The molecule has 0 aliphatic carbocycles. The van der Waals surface area contributed by atoms with Gasteiger partial charge < -0.3 is 9.64 Å². The van der Waals surface area contributed by atoms with E-state index < -0.39 is 0 Å². The van der Waals surface area contributed by atoms with Gasteiger partial charge in [-0.3, -0.25) is 9.78 Å². The van der Waals surface area contributed by atoms with Gasteiger partial charge in [0.1, 0.15) is 6.23 Å². The maximum atomic E-state index is 12.3. The van der Waals surface area contributed by atoms with Gasteiger partial charge in [0, 0.05) is 12.4 Å². The number of carbonyl (C=O) groups excluding carboxylic acids is 1. The molecule has 0 spiro atoms. The molecule has 0 bridgehead atoms. The number of aromatic nitrogens is 1. The van der Waals surface area contributed by atoms with Gasteiger partial charge in [-0.25, -0.2) is 0 Å². The molecule has 16 heavy (non-hydrogen) atoms. The van der Waals surface area contributed by atoms with Gasteiger partial charge in [-0.1, -0.05) is 0 Å². The molecule has 86 valence electrons. The minimum atomic E-state index is -0.258. The quantitative estimate of drug-likeness (QED) is 0.723. The first kappa shape index (κ1) is 11.1. The molecular weight excluding hydrogens is 204 g/mol. The van der Waals surface area contributed by atoms with Gasteiger partial charge >= 0.3 is 0 Å². The fourth-order valence-electron chi connectivity index (χ4n) is 2.03. The molecular formula is C12H16N2O2. The molecule has 1 fully saturated rings. The normalized spacial score (nSPS) is 23.4. The number of hydrogen-bond donors (Lipinski definition) is 0. The average molecular weight is 220 g/mol. The second-order valence-electron chi connectivity index (χ2n) is 4.64. The summed E-state index contributed by atoms with van der Waals surface area (Å²) in [4.78, 5) is 18.0. The van der Waals surface area contributed by atoms with Crippen LogP contribution in [-0.4, -0.2) is 34.2 Å². The van der Waals surface area contributed by atoms with Crippen LogP contribution in [-0.2, 0) is 4.74 Å². The molecule has 1 aliphatic rings. The third kappa shape index (κ3) is 1.80. The Morgan fingerprint density at radius 1 is 1.62 bits per heavy atom. The van der Waals surface area contributed by atoms with Crippen molar-refractivity contribution in [2.24, 2.45) is 0 Å². The van der Waals surface area contributed by atoms with Crippen LogP contribution in [0.15, 0.2) is 24.5 Å². The lowest BCUT2D eigenvalue weighted by Crippen LogP contribution is -2.47. The van der Waals surface area contributed by atoms with Crippen LogP contribution in [0.25, 0.3) is 0 Å². The van der Waals surface area contributed by atoms with E-state index in [1.807, 2.05) is 20.8 Å². The van der Waals surface area contributed by atoms with Crippen molar-refractivity contribution in [3.8, 4) is 0 Å². The Kier molecular flexibility index (Phi) is 2.68. The van der Waals surface area contributed by atoms with Crippen molar-refractivity contribution in [1.82, 2.24) is 9.88 Å². The number of ether oxygens (including phenoxy) is 1. The van der Waals surface area contributed by atoms with E-state index in [2.05, 4.69) is 4.98 Å². The monoisotopic (exact) mass is 220 g/mol. The molecule has 1 atom stereocenters. The summed E-state index contributed by atoms with van der Waals surface area (Å²) in [7, 11) is 0. The lowest BCUT2D eigenvalue weighted by molar-refractivity contribution is 0.0307. The highest BCUT2D eigenvalue weighted by Gasteiger charge is 2.41. The highest BCUT2D eigenvalue weighted by molar-refractivity contribution is 5.94. The molecule has 1 aromatic rings. The Bertz CT molecular complexity index is 389. The molecule has 2 heterocycles. The molecule has 0 aromatic carbocycles. The van der Waals surface area contributed by atoms with Gasteiger partial charge in [-0.2, -0.15) is 0 Å². The molecule has 1 aliphatic heterocycles. The molecule has 2 rings (SSSR count). The number of hydrogen-bond acceptors (Lipinski definition) is 3.